The molecule has 0 aliphatic carbocycles. The number of nitrogens with zero attached hydrogens (tertiary/aromatic N) is 4. The second kappa shape index (κ2) is 7.33. The first-order valence-electron chi connectivity index (χ1n) is 8.21. The topological polar surface area (TPSA) is 71.6 Å². The Kier molecular flexibility index (Phi) is 4.98. The zero-order valence-corrected chi connectivity index (χ0v) is 13.9. The van der Waals surface area contributed by atoms with Crippen LogP contribution < -0.4 is 0 Å². The molecule has 7 nitrogen and oxygen atoms in total. The number of aromatic nitrogens is 2. The fraction of sp³-hybridized carbons (Fsp3) is 0.471. The van der Waals surface area contributed by atoms with Gasteiger partial charge in [-0.25, -0.2) is 0 Å². The summed E-state index contributed by atoms with van der Waals surface area (Å²) in [4.78, 5) is 28.5. The maximum Gasteiger partial charge on any atom is 0.257 e. The van der Waals surface area contributed by atoms with E-state index in [-0.39, 0.29) is 11.8 Å². The van der Waals surface area contributed by atoms with Gasteiger partial charge in [0.2, 0.25) is 5.91 Å². The number of amides is 2. The minimum Gasteiger partial charge on any atom is -0.472 e. The Labute approximate surface area is 140 Å². The summed E-state index contributed by atoms with van der Waals surface area (Å²) in [7, 11) is 1.88. The van der Waals surface area contributed by atoms with Crippen LogP contribution in [0.2, 0.25) is 0 Å². The molecule has 0 aromatic carbocycles. The summed E-state index contributed by atoms with van der Waals surface area (Å²) >= 11 is 0. The van der Waals surface area contributed by atoms with Gasteiger partial charge in [0.05, 0.1) is 11.8 Å². The Hall–Kier alpha value is -2.57. The van der Waals surface area contributed by atoms with Crippen molar-refractivity contribution in [3.63, 3.8) is 0 Å². The van der Waals surface area contributed by atoms with Crippen molar-refractivity contribution < 1.29 is 14.0 Å². The van der Waals surface area contributed by atoms with E-state index in [9.17, 15) is 9.59 Å². The molecule has 3 heterocycles. The summed E-state index contributed by atoms with van der Waals surface area (Å²) in [6.45, 7) is 2.49. The molecule has 2 aromatic rings. The van der Waals surface area contributed by atoms with Crippen LogP contribution in [0, 0.1) is 0 Å². The Morgan fingerprint density at radius 3 is 2.67 bits per heavy atom. The minimum absolute atomic E-state index is 0.0343. The third-order valence-corrected chi connectivity index (χ3v) is 4.42. The third-order valence-electron chi connectivity index (χ3n) is 4.42. The number of carbonyl (C=O) groups excluding carboxylic acids is 2. The maximum atomic E-state index is 12.4. The zero-order chi connectivity index (χ0) is 16.9. The molecule has 24 heavy (non-hydrogen) atoms. The van der Waals surface area contributed by atoms with E-state index in [2.05, 4.69) is 5.10 Å². The van der Waals surface area contributed by atoms with E-state index in [0.717, 1.165) is 12.1 Å². The van der Waals surface area contributed by atoms with Crippen LogP contribution in [0.1, 0.15) is 28.9 Å². The molecule has 2 amide bonds. The number of carbonyl (C=O) groups is 2. The molecule has 0 atom stereocenters. The summed E-state index contributed by atoms with van der Waals surface area (Å²) in [5.74, 6) is 0.0988. The van der Waals surface area contributed by atoms with Crippen LogP contribution in [0.15, 0.2) is 35.3 Å². The van der Waals surface area contributed by atoms with Crippen molar-refractivity contribution in [3.05, 3.63) is 42.1 Å². The molecule has 3 rings (SSSR count). The molecule has 1 aliphatic heterocycles. The molecule has 0 saturated carbocycles. The van der Waals surface area contributed by atoms with E-state index in [4.69, 9.17) is 4.42 Å². The van der Waals surface area contributed by atoms with Gasteiger partial charge >= 0.3 is 0 Å². The van der Waals surface area contributed by atoms with Crippen molar-refractivity contribution >= 4 is 11.8 Å². The average molecular weight is 330 g/mol. The lowest BCUT2D eigenvalue weighted by Gasteiger charge is -2.22. The minimum atomic E-state index is -0.0343. The van der Waals surface area contributed by atoms with Crippen molar-refractivity contribution in [1.29, 1.82) is 0 Å². The van der Waals surface area contributed by atoms with E-state index in [1.54, 1.807) is 21.8 Å². The second-order valence-electron chi connectivity index (χ2n) is 5.98. The maximum absolute atomic E-state index is 12.4. The molecule has 1 saturated heterocycles. The quantitative estimate of drug-likeness (QED) is 0.848. The highest BCUT2D eigenvalue weighted by molar-refractivity contribution is 5.93. The molecule has 128 valence electrons. The molecule has 0 N–H and O–H groups in total. The standard InChI is InChI=1S/C17H22N4O3/c1-19-15(5-7-18-19)3-4-16(22)20-8-2-9-21(11-10-20)17(23)14-6-12-24-13-14/h5-7,12-13H,2-4,8-11H2,1H3. The van der Waals surface area contributed by atoms with Gasteiger partial charge in [-0.05, 0) is 25.0 Å². The molecular formula is C17H22N4O3. The predicted octanol–water partition coefficient (Wildman–Crippen LogP) is 1.32. The molecule has 2 aromatic heterocycles. The van der Waals surface area contributed by atoms with Crippen LogP contribution in [0.25, 0.3) is 0 Å². The van der Waals surface area contributed by atoms with Crippen LogP contribution in [-0.2, 0) is 18.3 Å². The summed E-state index contributed by atoms with van der Waals surface area (Å²) in [6.07, 6.45) is 6.65. The van der Waals surface area contributed by atoms with E-state index in [0.29, 0.717) is 44.6 Å². The van der Waals surface area contributed by atoms with Crippen molar-refractivity contribution in [3.8, 4) is 0 Å². The van der Waals surface area contributed by atoms with Gasteiger partial charge in [0.15, 0.2) is 0 Å². The average Bonchev–Trinajstić information content (AvgIpc) is 3.18. The van der Waals surface area contributed by atoms with Crippen LogP contribution in [0.4, 0.5) is 0 Å². The van der Waals surface area contributed by atoms with Gasteiger partial charge in [0, 0.05) is 51.5 Å². The monoisotopic (exact) mass is 330 g/mol. The van der Waals surface area contributed by atoms with Gasteiger partial charge in [-0.3, -0.25) is 14.3 Å². The van der Waals surface area contributed by atoms with Crippen LogP contribution in [0.5, 0.6) is 0 Å². The first-order valence-corrected chi connectivity index (χ1v) is 8.21. The Morgan fingerprint density at radius 1 is 1.17 bits per heavy atom. The lowest BCUT2D eigenvalue weighted by Crippen LogP contribution is -2.37. The highest BCUT2D eigenvalue weighted by Crippen LogP contribution is 2.11. The smallest absolute Gasteiger partial charge is 0.257 e. The number of hydrogen-bond acceptors (Lipinski definition) is 4. The van der Waals surface area contributed by atoms with E-state index in [1.165, 1.54) is 12.5 Å². The highest BCUT2D eigenvalue weighted by atomic mass is 16.3. The van der Waals surface area contributed by atoms with Crippen molar-refractivity contribution in [2.75, 3.05) is 26.2 Å². The van der Waals surface area contributed by atoms with E-state index >= 15 is 0 Å². The largest absolute Gasteiger partial charge is 0.472 e. The van der Waals surface area contributed by atoms with Crippen molar-refractivity contribution in [2.24, 2.45) is 7.05 Å². The lowest BCUT2D eigenvalue weighted by molar-refractivity contribution is -0.131. The summed E-state index contributed by atoms with van der Waals surface area (Å²) in [5, 5.41) is 4.12. The molecular weight excluding hydrogens is 308 g/mol. The molecule has 7 heteroatoms. The second-order valence-corrected chi connectivity index (χ2v) is 5.98. The molecule has 0 radical (unpaired) electrons. The Balaban J connectivity index is 1.52. The van der Waals surface area contributed by atoms with Crippen molar-refractivity contribution in [2.45, 2.75) is 19.3 Å². The summed E-state index contributed by atoms with van der Waals surface area (Å²) < 4.78 is 6.77. The number of aryl methyl sites for hydroxylation is 2. The SMILES string of the molecule is Cn1nccc1CCC(=O)N1CCCN(C(=O)c2ccoc2)CC1. The van der Waals surface area contributed by atoms with Gasteiger partial charge in [0.1, 0.15) is 6.26 Å². The molecule has 0 spiro atoms. The van der Waals surface area contributed by atoms with Gasteiger partial charge in [-0.15, -0.1) is 0 Å². The number of rotatable bonds is 4. The number of furan rings is 1. The lowest BCUT2D eigenvalue weighted by atomic mass is 10.2. The Morgan fingerprint density at radius 2 is 1.96 bits per heavy atom. The normalized spacial score (nSPS) is 15.4. The highest BCUT2D eigenvalue weighted by Gasteiger charge is 2.23. The molecule has 0 unspecified atom stereocenters. The third kappa shape index (κ3) is 3.67. The predicted molar refractivity (Wildman–Crippen MR) is 87.3 cm³/mol. The number of hydrogen-bond donors (Lipinski definition) is 0. The fourth-order valence-electron chi connectivity index (χ4n) is 2.98. The van der Waals surface area contributed by atoms with Gasteiger partial charge in [-0.2, -0.15) is 5.10 Å². The zero-order valence-electron chi connectivity index (χ0n) is 13.9. The van der Waals surface area contributed by atoms with Crippen LogP contribution in [-0.4, -0.2) is 57.6 Å². The summed E-state index contributed by atoms with van der Waals surface area (Å²) in [5.41, 5.74) is 1.61. The van der Waals surface area contributed by atoms with Gasteiger partial charge < -0.3 is 14.2 Å². The van der Waals surface area contributed by atoms with Crippen molar-refractivity contribution in [1.82, 2.24) is 19.6 Å². The van der Waals surface area contributed by atoms with E-state index in [1.807, 2.05) is 18.0 Å². The van der Waals surface area contributed by atoms with Gasteiger partial charge in [0.25, 0.3) is 5.91 Å². The first-order chi connectivity index (χ1) is 11.6. The molecule has 1 aliphatic rings. The molecule has 1 fully saturated rings. The van der Waals surface area contributed by atoms with Gasteiger partial charge in [-0.1, -0.05) is 0 Å². The summed E-state index contributed by atoms with van der Waals surface area (Å²) in [6, 6.07) is 3.60. The molecule has 0 bridgehead atoms. The Bertz CT molecular complexity index is 693. The first kappa shape index (κ1) is 16.3. The van der Waals surface area contributed by atoms with Crippen LogP contribution in [0.3, 0.4) is 0 Å². The van der Waals surface area contributed by atoms with E-state index < -0.39 is 0 Å². The van der Waals surface area contributed by atoms with Crippen LogP contribution >= 0.6 is 0 Å². The fourth-order valence-corrected chi connectivity index (χ4v) is 2.98.